The van der Waals surface area contributed by atoms with E-state index in [4.69, 9.17) is 15.1 Å². The number of hydrogen-bond acceptors (Lipinski definition) is 3. The fourth-order valence-corrected chi connectivity index (χ4v) is 1.01. The van der Waals surface area contributed by atoms with Gasteiger partial charge in [0.15, 0.2) is 6.10 Å². The number of aliphatic hydroxyl groups is 1. The number of hydrogen-bond donors (Lipinski definition) is 1. The van der Waals surface area contributed by atoms with Crippen LogP contribution in [0.2, 0.25) is 0 Å². The summed E-state index contributed by atoms with van der Waals surface area (Å²) in [6, 6.07) is 11.2. The van der Waals surface area contributed by atoms with Gasteiger partial charge < -0.3 is 9.84 Å². The molecule has 0 bridgehead atoms. The molecule has 68 valence electrons. The molecule has 0 aromatic heterocycles. The second-order valence-corrected chi connectivity index (χ2v) is 2.51. The first-order valence-electron chi connectivity index (χ1n) is 4.05. The third-order valence-corrected chi connectivity index (χ3v) is 1.60. The Labute approximate surface area is 77.2 Å². The lowest BCUT2D eigenvalue weighted by atomic mass is 10.1. The van der Waals surface area contributed by atoms with Crippen LogP contribution in [-0.4, -0.2) is 18.3 Å². The summed E-state index contributed by atoms with van der Waals surface area (Å²) in [6.07, 6.45) is -0.576. The molecule has 0 aliphatic rings. The molecule has 1 rings (SSSR count). The van der Waals surface area contributed by atoms with Gasteiger partial charge in [-0.3, -0.25) is 0 Å². The maximum atomic E-state index is 8.75. The molecule has 0 radical (unpaired) electrons. The summed E-state index contributed by atoms with van der Waals surface area (Å²) in [5.74, 6) is 0. The van der Waals surface area contributed by atoms with E-state index in [0.717, 1.165) is 5.56 Å². The molecule has 1 unspecified atom stereocenters. The van der Waals surface area contributed by atoms with Crippen molar-refractivity contribution in [1.29, 1.82) is 5.26 Å². The standard InChI is InChI=1S/C10H11NO2/c11-8-10(13-7-6-12)9-4-2-1-3-5-9/h1-5,10,12H,6-7H2. The highest BCUT2D eigenvalue weighted by Crippen LogP contribution is 2.15. The van der Waals surface area contributed by atoms with Crippen molar-refractivity contribution in [3.8, 4) is 6.07 Å². The predicted octanol–water partition coefficient (Wildman–Crippen LogP) is 1.26. The van der Waals surface area contributed by atoms with E-state index in [2.05, 4.69) is 0 Å². The summed E-state index contributed by atoms with van der Waals surface area (Å²) in [5.41, 5.74) is 0.818. The zero-order valence-electron chi connectivity index (χ0n) is 7.18. The maximum absolute atomic E-state index is 8.75. The van der Waals surface area contributed by atoms with Gasteiger partial charge in [-0.05, 0) is 5.56 Å². The topological polar surface area (TPSA) is 53.2 Å². The SMILES string of the molecule is N#CC(OCCO)c1ccccc1. The van der Waals surface area contributed by atoms with Crippen LogP contribution in [0, 0.1) is 11.3 Å². The third-order valence-electron chi connectivity index (χ3n) is 1.60. The first-order valence-corrected chi connectivity index (χ1v) is 4.05. The Morgan fingerprint density at radius 3 is 2.62 bits per heavy atom. The van der Waals surface area contributed by atoms with E-state index >= 15 is 0 Å². The van der Waals surface area contributed by atoms with E-state index in [-0.39, 0.29) is 13.2 Å². The van der Waals surface area contributed by atoms with E-state index in [9.17, 15) is 0 Å². The minimum absolute atomic E-state index is 0.0645. The average Bonchev–Trinajstić information content (AvgIpc) is 2.21. The Hall–Kier alpha value is -1.37. The third kappa shape index (κ3) is 2.86. The van der Waals surface area contributed by atoms with Gasteiger partial charge >= 0.3 is 0 Å². The fourth-order valence-electron chi connectivity index (χ4n) is 1.01. The zero-order valence-corrected chi connectivity index (χ0v) is 7.18. The van der Waals surface area contributed by atoms with Crippen molar-refractivity contribution in [3.05, 3.63) is 35.9 Å². The number of rotatable bonds is 4. The van der Waals surface area contributed by atoms with Crippen molar-refractivity contribution in [1.82, 2.24) is 0 Å². The van der Waals surface area contributed by atoms with Crippen LogP contribution in [0.3, 0.4) is 0 Å². The summed E-state index contributed by atoms with van der Waals surface area (Å²) in [6.45, 7) is 0.123. The van der Waals surface area contributed by atoms with Crippen LogP contribution in [-0.2, 0) is 4.74 Å². The summed E-state index contributed by atoms with van der Waals surface area (Å²) in [7, 11) is 0. The molecule has 3 nitrogen and oxygen atoms in total. The number of nitrogens with zero attached hydrogens (tertiary/aromatic N) is 1. The normalized spacial score (nSPS) is 12.0. The van der Waals surface area contributed by atoms with E-state index in [1.165, 1.54) is 0 Å². The highest BCUT2D eigenvalue weighted by Gasteiger charge is 2.08. The van der Waals surface area contributed by atoms with Crippen LogP contribution in [0.4, 0.5) is 0 Å². The van der Waals surface area contributed by atoms with Crippen LogP contribution in [0.1, 0.15) is 11.7 Å². The van der Waals surface area contributed by atoms with Crippen molar-refractivity contribution in [2.75, 3.05) is 13.2 Å². The van der Waals surface area contributed by atoms with E-state index in [1.807, 2.05) is 36.4 Å². The molecular weight excluding hydrogens is 166 g/mol. The van der Waals surface area contributed by atoms with Gasteiger partial charge in [-0.15, -0.1) is 0 Å². The zero-order chi connectivity index (χ0) is 9.52. The van der Waals surface area contributed by atoms with Crippen LogP contribution < -0.4 is 0 Å². The molecule has 1 N–H and O–H groups in total. The lowest BCUT2D eigenvalue weighted by Crippen LogP contribution is -2.05. The van der Waals surface area contributed by atoms with Gasteiger partial charge in [-0.1, -0.05) is 30.3 Å². The van der Waals surface area contributed by atoms with Gasteiger partial charge in [0, 0.05) is 0 Å². The van der Waals surface area contributed by atoms with Gasteiger partial charge in [0.2, 0.25) is 0 Å². The number of nitriles is 1. The first-order chi connectivity index (χ1) is 6.38. The van der Waals surface area contributed by atoms with E-state index < -0.39 is 6.10 Å². The van der Waals surface area contributed by atoms with Gasteiger partial charge in [0.1, 0.15) is 0 Å². The minimum Gasteiger partial charge on any atom is -0.394 e. The minimum atomic E-state index is -0.576. The van der Waals surface area contributed by atoms with E-state index in [1.54, 1.807) is 0 Å². The monoisotopic (exact) mass is 177 g/mol. The van der Waals surface area contributed by atoms with Crippen molar-refractivity contribution in [2.45, 2.75) is 6.10 Å². The average molecular weight is 177 g/mol. The molecule has 0 amide bonds. The summed E-state index contributed by atoms with van der Waals surface area (Å²) in [4.78, 5) is 0. The van der Waals surface area contributed by atoms with Crippen molar-refractivity contribution in [2.24, 2.45) is 0 Å². The molecule has 13 heavy (non-hydrogen) atoms. The molecule has 1 aromatic carbocycles. The Morgan fingerprint density at radius 2 is 2.08 bits per heavy atom. The van der Waals surface area contributed by atoms with Gasteiger partial charge in [0.05, 0.1) is 19.3 Å². The Bertz CT molecular complexity index is 279. The van der Waals surface area contributed by atoms with Crippen molar-refractivity contribution >= 4 is 0 Å². The van der Waals surface area contributed by atoms with Crippen LogP contribution in [0.15, 0.2) is 30.3 Å². The molecule has 0 heterocycles. The summed E-state index contributed by atoms with van der Waals surface area (Å²) >= 11 is 0. The van der Waals surface area contributed by atoms with Gasteiger partial charge in [-0.25, -0.2) is 0 Å². The molecule has 0 saturated carbocycles. The van der Waals surface area contributed by atoms with Crippen LogP contribution >= 0.6 is 0 Å². The second kappa shape index (κ2) is 5.31. The Balaban J connectivity index is 2.63. The number of ether oxygens (including phenoxy) is 1. The molecule has 0 spiro atoms. The molecule has 0 aliphatic heterocycles. The number of benzene rings is 1. The molecular formula is C10H11NO2. The van der Waals surface area contributed by atoms with E-state index in [0.29, 0.717) is 0 Å². The quantitative estimate of drug-likeness (QED) is 0.753. The lowest BCUT2D eigenvalue weighted by Gasteiger charge is -2.08. The van der Waals surface area contributed by atoms with Gasteiger partial charge in [0.25, 0.3) is 0 Å². The van der Waals surface area contributed by atoms with Crippen molar-refractivity contribution < 1.29 is 9.84 Å². The fraction of sp³-hybridized carbons (Fsp3) is 0.300. The first kappa shape index (κ1) is 9.72. The van der Waals surface area contributed by atoms with Gasteiger partial charge in [-0.2, -0.15) is 5.26 Å². The molecule has 1 atom stereocenters. The molecule has 3 heteroatoms. The Kier molecular flexibility index (Phi) is 3.97. The largest absolute Gasteiger partial charge is 0.394 e. The van der Waals surface area contributed by atoms with Crippen LogP contribution in [0.5, 0.6) is 0 Å². The van der Waals surface area contributed by atoms with Crippen LogP contribution in [0.25, 0.3) is 0 Å². The number of aliphatic hydroxyl groups excluding tert-OH is 1. The Morgan fingerprint density at radius 1 is 1.38 bits per heavy atom. The highest BCUT2D eigenvalue weighted by atomic mass is 16.5. The molecule has 0 saturated heterocycles. The summed E-state index contributed by atoms with van der Waals surface area (Å²) in [5, 5.41) is 17.3. The summed E-state index contributed by atoms with van der Waals surface area (Å²) < 4.78 is 5.12. The second-order valence-electron chi connectivity index (χ2n) is 2.51. The molecule has 0 fully saturated rings. The lowest BCUT2D eigenvalue weighted by molar-refractivity contribution is 0.0581. The molecule has 1 aromatic rings. The maximum Gasteiger partial charge on any atom is 0.169 e. The predicted molar refractivity (Wildman–Crippen MR) is 47.8 cm³/mol. The smallest absolute Gasteiger partial charge is 0.169 e. The van der Waals surface area contributed by atoms with Crippen molar-refractivity contribution in [3.63, 3.8) is 0 Å². The molecule has 0 aliphatic carbocycles. The highest BCUT2D eigenvalue weighted by molar-refractivity contribution is 5.21.